The molecule has 0 aliphatic carbocycles. The van der Waals surface area contributed by atoms with E-state index >= 15 is 0 Å². The van der Waals surface area contributed by atoms with E-state index in [-0.39, 0.29) is 4.90 Å². The molecule has 0 spiro atoms. The fourth-order valence-corrected chi connectivity index (χ4v) is 3.44. The maximum atomic E-state index is 12.5. The molecule has 6 heteroatoms. The maximum Gasteiger partial charge on any atom is 0.123 e. The maximum absolute atomic E-state index is 12.5. The zero-order valence-corrected chi connectivity index (χ0v) is 15.2. The average molecular weight is 368 g/mol. The predicted molar refractivity (Wildman–Crippen MR) is 102 cm³/mol. The van der Waals surface area contributed by atoms with Crippen molar-refractivity contribution >= 4 is 15.7 Å². The Morgan fingerprint density at radius 1 is 0.731 bits per heavy atom. The van der Waals surface area contributed by atoms with Gasteiger partial charge in [-0.05, 0) is 47.5 Å². The molecule has 0 heterocycles. The summed E-state index contributed by atoms with van der Waals surface area (Å²) in [7, 11) is -0.668. The molecule has 5 nitrogen and oxygen atoms in total. The largest absolute Gasteiger partial charge is 0.573 e. The van der Waals surface area contributed by atoms with Crippen LogP contribution in [0.15, 0.2) is 77.7 Å². The molecule has 0 saturated carbocycles. The van der Waals surface area contributed by atoms with Crippen molar-refractivity contribution in [2.75, 3.05) is 14.2 Å². The van der Waals surface area contributed by atoms with Gasteiger partial charge in [0.2, 0.25) is 0 Å². The number of methoxy groups -OCH3 is 2. The SMILES string of the molecule is COc1ccc(-c2ccc(S(=O)(=O)[N-]c3cccc(OC)c3)cc2)cc1. The van der Waals surface area contributed by atoms with Gasteiger partial charge >= 0.3 is 0 Å². The van der Waals surface area contributed by atoms with Crippen molar-refractivity contribution in [3.05, 3.63) is 77.5 Å². The average Bonchev–Trinajstić information content (AvgIpc) is 2.68. The topological polar surface area (TPSA) is 66.7 Å². The Kier molecular flexibility index (Phi) is 5.14. The highest BCUT2D eigenvalue weighted by molar-refractivity contribution is 7.94. The number of hydrogen-bond donors (Lipinski definition) is 0. The van der Waals surface area contributed by atoms with Gasteiger partial charge < -0.3 is 14.2 Å². The van der Waals surface area contributed by atoms with Crippen LogP contribution in [0.1, 0.15) is 0 Å². The molecule has 0 atom stereocenters. The Labute approximate surface area is 153 Å². The molecule has 0 unspecified atom stereocenters. The minimum atomic E-state index is -3.80. The summed E-state index contributed by atoms with van der Waals surface area (Å²) < 4.78 is 39.1. The predicted octanol–water partition coefficient (Wildman–Crippen LogP) is 4.76. The van der Waals surface area contributed by atoms with Gasteiger partial charge in [-0.2, -0.15) is 0 Å². The van der Waals surface area contributed by atoms with Gasteiger partial charge in [0.1, 0.15) is 21.5 Å². The molecule has 0 saturated heterocycles. The lowest BCUT2D eigenvalue weighted by atomic mass is 10.1. The Hall–Kier alpha value is -2.99. The molecule has 0 aliphatic heterocycles. The highest BCUT2D eigenvalue weighted by Crippen LogP contribution is 2.31. The fraction of sp³-hybridized carbons (Fsp3) is 0.100. The molecule has 3 rings (SSSR count). The molecule has 0 aliphatic rings. The summed E-state index contributed by atoms with van der Waals surface area (Å²) in [5.74, 6) is 1.32. The smallest absolute Gasteiger partial charge is 0.123 e. The van der Waals surface area contributed by atoms with Crippen molar-refractivity contribution < 1.29 is 17.9 Å². The van der Waals surface area contributed by atoms with Crippen LogP contribution in [0.2, 0.25) is 0 Å². The summed E-state index contributed by atoms with van der Waals surface area (Å²) in [6.07, 6.45) is 0. The quantitative estimate of drug-likeness (QED) is 0.629. The summed E-state index contributed by atoms with van der Waals surface area (Å²) >= 11 is 0. The van der Waals surface area contributed by atoms with E-state index in [9.17, 15) is 8.42 Å². The van der Waals surface area contributed by atoms with E-state index in [1.807, 2.05) is 24.3 Å². The van der Waals surface area contributed by atoms with Crippen LogP contribution >= 0.6 is 0 Å². The Morgan fingerprint density at radius 2 is 1.31 bits per heavy atom. The second-order valence-electron chi connectivity index (χ2n) is 5.52. The summed E-state index contributed by atoms with van der Waals surface area (Å²) in [6, 6.07) is 20.8. The van der Waals surface area contributed by atoms with Crippen LogP contribution in [0.3, 0.4) is 0 Å². The minimum absolute atomic E-state index is 0.137. The Morgan fingerprint density at radius 3 is 1.88 bits per heavy atom. The van der Waals surface area contributed by atoms with E-state index in [4.69, 9.17) is 9.47 Å². The van der Waals surface area contributed by atoms with Gasteiger partial charge in [-0.25, -0.2) is 8.42 Å². The van der Waals surface area contributed by atoms with Crippen LogP contribution in [0.4, 0.5) is 5.69 Å². The summed E-state index contributed by atoms with van der Waals surface area (Å²) in [6.45, 7) is 0. The van der Waals surface area contributed by atoms with E-state index in [1.54, 1.807) is 55.6 Å². The monoisotopic (exact) mass is 368 g/mol. The van der Waals surface area contributed by atoms with E-state index in [1.165, 1.54) is 7.11 Å². The first-order valence-electron chi connectivity index (χ1n) is 7.88. The molecule has 3 aromatic rings. The lowest BCUT2D eigenvalue weighted by molar-refractivity contribution is 0.415. The third-order valence-corrected chi connectivity index (χ3v) is 5.17. The minimum Gasteiger partial charge on any atom is -0.573 e. The molecular weight excluding hydrogens is 350 g/mol. The van der Waals surface area contributed by atoms with Gasteiger partial charge in [0.15, 0.2) is 0 Å². The number of nitrogens with zero attached hydrogens (tertiary/aromatic N) is 1. The molecule has 0 bridgehead atoms. The van der Waals surface area contributed by atoms with E-state index in [0.29, 0.717) is 11.4 Å². The summed E-state index contributed by atoms with van der Waals surface area (Å²) in [4.78, 5) is 0.137. The second kappa shape index (κ2) is 7.49. The van der Waals surface area contributed by atoms with Crippen LogP contribution in [0.25, 0.3) is 15.8 Å². The molecule has 0 fully saturated rings. The van der Waals surface area contributed by atoms with Crippen LogP contribution < -0.4 is 9.47 Å². The zero-order valence-electron chi connectivity index (χ0n) is 14.4. The zero-order chi connectivity index (χ0) is 18.6. The molecule has 0 N–H and O–H groups in total. The van der Waals surface area contributed by atoms with Crippen molar-refractivity contribution in [1.29, 1.82) is 0 Å². The molecule has 0 aromatic heterocycles. The van der Waals surface area contributed by atoms with Gasteiger partial charge in [-0.15, -0.1) is 5.69 Å². The number of hydrogen-bond acceptors (Lipinski definition) is 4. The van der Waals surface area contributed by atoms with Crippen molar-refractivity contribution in [3.63, 3.8) is 0 Å². The molecule has 26 heavy (non-hydrogen) atoms. The van der Waals surface area contributed by atoms with Crippen LogP contribution in [-0.4, -0.2) is 22.6 Å². The molecule has 134 valence electrons. The van der Waals surface area contributed by atoms with Crippen molar-refractivity contribution in [2.24, 2.45) is 0 Å². The molecule has 0 amide bonds. The normalized spacial score (nSPS) is 11.0. The van der Waals surface area contributed by atoms with Gasteiger partial charge in [0, 0.05) is 0 Å². The van der Waals surface area contributed by atoms with Crippen LogP contribution in [0, 0.1) is 0 Å². The van der Waals surface area contributed by atoms with E-state index in [2.05, 4.69) is 4.72 Å². The summed E-state index contributed by atoms with van der Waals surface area (Å²) in [5.41, 5.74) is 2.20. The van der Waals surface area contributed by atoms with Gasteiger partial charge in [-0.3, -0.25) is 0 Å². The van der Waals surface area contributed by atoms with E-state index in [0.717, 1.165) is 16.9 Å². The highest BCUT2D eigenvalue weighted by atomic mass is 32.2. The van der Waals surface area contributed by atoms with Crippen LogP contribution in [0.5, 0.6) is 11.5 Å². The number of rotatable bonds is 6. The summed E-state index contributed by atoms with van der Waals surface area (Å²) in [5, 5.41) is 0. The van der Waals surface area contributed by atoms with Crippen molar-refractivity contribution in [1.82, 2.24) is 0 Å². The molecule has 0 radical (unpaired) electrons. The van der Waals surface area contributed by atoms with Gasteiger partial charge in [0.05, 0.1) is 19.1 Å². The first-order valence-corrected chi connectivity index (χ1v) is 9.32. The number of benzene rings is 3. The first-order chi connectivity index (χ1) is 12.5. The Bertz CT molecular complexity index is 981. The lowest BCUT2D eigenvalue weighted by Crippen LogP contribution is -1.97. The van der Waals surface area contributed by atoms with Gasteiger partial charge in [-0.1, -0.05) is 36.4 Å². The van der Waals surface area contributed by atoms with Gasteiger partial charge in [0.25, 0.3) is 0 Å². The molecular formula is C20H18NO4S-. The third-order valence-electron chi connectivity index (χ3n) is 3.85. The van der Waals surface area contributed by atoms with Crippen LogP contribution in [-0.2, 0) is 10.0 Å². The van der Waals surface area contributed by atoms with Crippen molar-refractivity contribution in [2.45, 2.75) is 4.90 Å². The lowest BCUT2D eigenvalue weighted by Gasteiger charge is -2.22. The number of ether oxygens (including phenoxy) is 2. The molecule has 3 aromatic carbocycles. The first kappa shape index (κ1) is 17.8. The Balaban J connectivity index is 1.81. The third kappa shape index (κ3) is 3.97. The standard InChI is InChI=1S/C20H18NO4S/c1-24-18-10-6-15(7-11-18)16-8-12-20(13-9-16)26(22,23)21-17-4-3-5-19(14-17)25-2/h3-14H,1-2H3/q-1. The highest BCUT2D eigenvalue weighted by Gasteiger charge is 2.06. The fourth-order valence-electron chi connectivity index (χ4n) is 2.46. The van der Waals surface area contributed by atoms with E-state index < -0.39 is 10.0 Å². The van der Waals surface area contributed by atoms with Crippen molar-refractivity contribution in [3.8, 4) is 22.6 Å². The second-order valence-corrected chi connectivity index (χ2v) is 7.12. The number of sulfonamides is 1.